The highest BCUT2D eigenvalue weighted by molar-refractivity contribution is 14.0. The Labute approximate surface area is 167 Å². The van der Waals surface area contributed by atoms with E-state index in [1.54, 1.807) is 30.6 Å². The number of rotatable bonds is 3. The summed E-state index contributed by atoms with van der Waals surface area (Å²) >= 11 is 5.77. The number of halogens is 3. The maximum Gasteiger partial charge on any atom is 0.225 e. The highest BCUT2D eigenvalue weighted by atomic mass is 127. The molecule has 1 aliphatic rings. The van der Waals surface area contributed by atoms with Gasteiger partial charge < -0.3 is 15.5 Å². The summed E-state index contributed by atoms with van der Waals surface area (Å²) in [5, 5.41) is 0.0951. The number of aromatic nitrogens is 2. The molecule has 0 saturated carbocycles. The van der Waals surface area contributed by atoms with E-state index in [-0.39, 0.29) is 29.0 Å². The van der Waals surface area contributed by atoms with Crippen molar-refractivity contribution in [1.29, 1.82) is 0 Å². The number of guanidine groups is 1. The smallest absolute Gasteiger partial charge is 0.225 e. The van der Waals surface area contributed by atoms with Gasteiger partial charge in [-0.3, -0.25) is 0 Å². The molecule has 0 aliphatic carbocycles. The molecule has 134 valence electrons. The average molecular weight is 477 g/mol. The van der Waals surface area contributed by atoms with Gasteiger partial charge in [0.1, 0.15) is 5.82 Å². The van der Waals surface area contributed by atoms with Crippen LogP contribution in [0.15, 0.2) is 41.7 Å². The summed E-state index contributed by atoms with van der Waals surface area (Å²) in [7, 11) is 0. The third-order valence-electron chi connectivity index (χ3n) is 3.85. The number of aliphatic imine (C=N–C) groups is 1. The molecule has 1 saturated heterocycles. The van der Waals surface area contributed by atoms with Crippen molar-refractivity contribution in [2.75, 3.05) is 31.1 Å². The Hall–Kier alpha value is -1.68. The molecule has 1 aliphatic heterocycles. The average Bonchev–Trinajstić information content (AvgIpc) is 2.63. The molecule has 0 atom stereocenters. The van der Waals surface area contributed by atoms with Crippen LogP contribution in [-0.2, 0) is 6.54 Å². The summed E-state index contributed by atoms with van der Waals surface area (Å²) in [4.78, 5) is 17.0. The lowest BCUT2D eigenvalue weighted by Gasteiger charge is -2.35. The number of benzene rings is 1. The van der Waals surface area contributed by atoms with E-state index in [0.717, 1.165) is 37.7 Å². The molecule has 0 bridgehead atoms. The van der Waals surface area contributed by atoms with Crippen LogP contribution in [0, 0.1) is 5.82 Å². The molecule has 3 rings (SSSR count). The van der Waals surface area contributed by atoms with Gasteiger partial charge in [-0.25, -0.2) is 19.4 Å². The molecule has 0 spiro atoms. The maximum atomic E-state index is 13.1. The van der Waals surface area contributed by atoms with Gasteiger partial charge in [0.2, 0.25) is 5.95 Å². The molecule has 0 unspecified atom stereocenters. The minimum atomic E-state index is -0.434. The zero-order valence-corrected chi connectivity index (χ0v) is 16.6. The third kappa shape index (κ3) is 5.15. The van der Waals surface area contributed by atoms with Gasteiger partial charge in [-0.1, -0.05) is 17.7 Å². The van der Waals surface area contributed by atoms with Crippen molar-refractivity contribution in [3.63, 3.8) is 0 Å². The quantitative estimate of drug-likeness (QED) is 0.419. The van der Waals surface area contributed by atoms with E-state index < -0.39 is 5.82 Å². The predicted molar refractivity (Wildman–Crippen MR) is 108 cm³/mol. The standard InChI is InChI=1S/C16H18ClFN6.HI/c17-13-10-12(2-3-14(13)18)11-22-15(19)23-6-8-24(9-7-23)16-20-4-1-5-21-16;/h1-5,10H,6-9,11H2,(H2,19,22);1H. The summed E-state index contributed by atoms with van der Waals surface area (Å²) in [6.45, 7) is 3.43. The molecular weight excluding hydrogens is 458 g/mol. The third-order valence-corrected chi connectivity index (χ3v) is 4.14. The number of nitrogens with two attached hydrogens (primary N) is 1. The molecule has 25 heavy (non-hydrogen) atoms. The van der Waals surface area contributed by atoms with Crippen LogP contribution in [0.25, 0.3) is 0 Å². The normalized spacial score (nSPS) is 15.0. The van der Waals surface area contributed by atoms with Crippen molar-refractivity contribution in [3.8, 4) is 0 Å². The molecule has 2 heterocycles. The van der Waals surface area contributed by atoms with Gasteiger partial charge in [-0.2, -0.15) is 0 Å². The minimum absolute atomic E-state index is 0. The minimum Gasteiger partial charge on any atom is -0.370 e. The highest BCUT2D eigenvalue weighted by Crippen LogP contribution is 2.16. The molecule has 0 amide bonds. The molecule has 6 nitrogen and oxygen atoms in total. The zero-order chi connectivity index (χ0) is 16.9. The summed E-state index contributed by atoms with van der Waals surface area (Å²) in [5.41, 5.74) is 6.89. The molecular formula is C16H19ClFIN6. The first kappa shape index (κ1) is 19.6. The Morgan fingerprint density at radius 3 is 2.52 bits per heavy atom. The monoisotopic (exact) mass is 476 g/mol. The molecule has 2 aromatic rings. The first-order valence-corrected chi connectivity index (χ1v) is 8.02. The fourth-order valence-corrected chi connectivity index (χ4v) is 2.70. The van der Waals surface area contributed by atoms with Gasteiger partial charge >= 0.3 is 0 Å². The molecule has 9 heteroatoms. The van der Waals surface area contributed by atoms with Crippen LogP contribution < -0.4 is 10.6 Å². The van der Waals surface area contributed by atoms with Gasteiger partial charge in [0.25, 0.3) is 0 Å². The van der Waals surface area contributed by atoms with Crippen LogP contribution in [-0.4, -0.2) is 47.0 Å². The summed E-state index contributed by atoms with van der Waals surface area (Å²) in [5.74, 6) is 0.773. The van der Waals surface area contributed by atoms with Crippen molar-refractivity contribution < 1.29 is 4.39 Å². The van der Waals surface area contributed by atoms with E-state index >= 15 is 0 Å². The second-order valence-electron chi connectivity index (χ2n) is 5.45. The van der Waals surface area contributed by atoms with Gasteiger partial charge in [0, 0.05) is 38.6 Å². The van der Waals surface area contributed by atoms with Gasteiger partial charge in [-0.05, 0) is 23.8 Å². The van der Waals surface area contributed by atoms with Crippen LogP contribution in [0.4, 0.5) is 10.3 Å². The van der Waals surface area contributed by atoms with Gasteiger partial charge in [0.15, 0.2) is 5.96 Å². The predicted octanol–water partition coefficient (Wildman–Crippen LogP) is 2.52. The van der Waals surface area contributed by atoms with E-state index in [1.807, 2.05) is 4.90 Å². The van der Waals surface area contributed by atoms with Crippen molar-refractivity contribution >= 4 is 47.5 Å². The van der Waals surface area contributed by atoms with Gasteiger partial charge in [-0.15, -0.1) is 24.0 Å². The lowest BCUT2D eigenvalue weighted by molar-refractivity contribution is 0.378. The number of hydrogen-bond acceptors (Lipinski definition) is 4. The zero-order valence-electron chi connectivity index (χ0n) is 13.5. The fourth-order valence-electron chi connectivity index (χ4n) is 2.50. The first-order valence-electron chi connectivity index (χ1n) is 7.64. The highest BCUT2D eigenvalue weighted by Gasteiger charge is 2.19. The Morgan fingerprint density at radius 1 is 1.20 bits per heavy atom. The Bertz CT molecular complexity index is 722. The van der Waals surface area contributed by atoms with Crippen LogP contribution in [0.5, 0.6) is 0 Å². The SMILES string of the molecule is I.NC(=NCc1ccc(F)c(Cl)c1)N1CCN(c2ncccn2)CC1. The van der Waals surface area contributed by atoms with Crippen LogP contribution in [0.3, 0.4) is 0 Å². The fraction of sp³-hybridized carbons (Fsp3) is 0.312. The van der Waals surface area contributed by atoms with E-state index in [2.05, 4.69) is 19.9 Å². The topological polar surface area (TPSA) is 70.6 Å². The second-order valence-corrected chi connectivity index (χ2v) is 5.85. The summed E-state index contributed by atoms with van der Waals surface area (Å²) in [6, 6.07) is 6.36. The first-order chi connectivity index (χ1) is 11.6. The summed E-state index contributed by atoms with van der Waals surface area (Å²) in [6.07, 6.45) is 3.47. The number of piperazine rings is 1. The Kier molecular flexibility index (Phi) is 7.18. The lowest BCUT2D eigenvalue weighted by Crippen LogP contribution is -2.51. The molecule has 1 aromatic carbocycles. The van der Waals surface area contributed by atoms with Crippen LogP contribution >= 0.6 is 35.6 Å². The van der Waals surface area contributed by atoms with Crippen molar-refractivity contribution in [3.05, 3.63) is 53.1 Å². The number of anilines is 1. The van der Waals surface area contributed by atoms with Crippen molar-refractivity contribution in [2.24, 2.45) is 10.7 Å². The van der Waals surface area contributed by atoms with Crippen molar-refractivity contribution in [1.82, 2.24) is 14.9 Å². The second kappa shape index (κ2) is 9.14. The number of nitrogens with zero attached hydrogens (tertiary/aromatic N) is 5. The van der Waals surface area contributed by atoms with E-state index in [1.165, 1.54) is 6.07 Å². The van der Waals surface area contributed by atoms with E-state index in [0.29, 0.717) is 12.5 Å². The van der Waals surface area contributed by atoms with Gasteiger partial charge in [0.05, 0.1) is 11.6 Å². The Morgan fingerprint density at radius 2 is 1.88 bits per heavy atom. The molecule has 0 radical (unpaired) electrons. The summed E-state index contributed by atoms with van der Waals surface area (Å²) < 4.78 is 13.1. The van der Waals surface area contributed by atoms with E-state index in [9.17, 15) is 4.39 Å². The number of hydrogen-bond donors (Lipinski definition) is 1. The largest absolute Gasteiger partial charge is 0.370 e. The molecule has 1 aromatic heterocycles. The lowest BCUT2D eigenvalue weighted by atomic mass is 10.2. The van der Waals surface area contributed by atoms with E-state index in [4.69, 9.17) is 17.3 Å². The molecule has 1 fully saturated rings. The van der Waals surface area contributed by atoms with Crippen LogP contribution in [0.1, 0.15) is 5.56 Å². The molecule has 2 N–H and O–H groups in total. The van der Waals surface area contributed by atoms with Crippen LogP contribution in [0.2, 0.25) is 5.02 Å². The Balaban J connectivity index is 0.00000225. The maximum absolute atomic E-state index is 13.1. The van der Waals surface area contributed by atoms with Crippen molar-refractivity contribution in [2.45, 2.75) is 6.54 Å².